The largest absolute Gasteiger partial charge is 0.317 e. The maximum Gasteiger partial charge on any atom is 0.212 e. The van der Waals surface area contributed by atoms with Gasteiger partial charge in [-0.1, -0.05) is 35.0 Å². The molecule has 0 aliphatic carbocycles. The fourth-order valence-electron chi connectivity index (χ4n) is 1.87. The van der Waals surface area contributed by atoms with Gasteiger partial charge in [0.1, 0.15) is 0 Å². The first-order valence-electron chi connectivity index (χ1n) is 6.91. The molecule has 4 nitrogen and oxygen atoms in total. The average molecular weight is 363 g/mol. The number of hydrogen-bond donors (Lipinski definition) is 2. The second-order valence-corrected chi connectivity index (χ2v) is 7.56. The minimum absolute atomic E-state index is 0.180. The molecule has 1 aromatic carbocycles. The summed E-state index contributed by atoms with van der Waals surface area (Å²) < 4.78 is 27.7. The van der Waals surface area contributed by atoms with Crippen molar-refractivity contribution >= 4 is 26.0 Å². The van der Waals surface area contributed by atoms with Gasteiger partial charge >= 0.3 is 0 Å². The monoisotopic (exact) mass is 362 g/mol. The Balaban J connectivity index is 2.43. The Bertz CT molecular complexity index is 488. The molecule has 0 radical (unpaired) electrons. The number of sulfonamides is 1. The van der Waals surface area contributed by atoms with E-state index in [0.29, 0.717) is 6.42 Å². The van der Waals surface area contributed by atoms with Gasteiger partial charge in [-0.05, 0) is 50.6 Å². The lowest BCUT2D eigenvalue weighted by Crippen LogP contribution is -2.29. The van der Waals surface area contributed by atoms with E-state index >= 15 is 0 Å². The van der Waals surface area contributed by atoms with Crippen LogP contribution < -0.4 is 10.0 Å². The predicted octanol–water partition coefficient (Wildman–Crippen LogP) is 2.82. The van der Waals surface area contributed by atoms with E-state index in [0.717, 1.165) is 29.5 Å². The van der Waals surface area contributed by atoms with Gasteiger partial charge in [-0.25, -0.2) is 13.1 Å². The standard InChI is InChI=1S/C14H23BrN2O2S/c1-3-16-10-4-5-11-20(18,19)17-12(2)13-6-8-14(15)9-7-13/h6-9,12,16-17H,3-5,10-11H2,1-2H3. The van der Waals surface area contributed by atoms with E-state index in [1.54, 1.807) is 0 Å². The van der Waals surface area contributed by atoms with Crippen LogP contribution in [0.25, 0.3) is 0 Å². The van der Waals surface area contributed by atoms with E-state index in [2.05, 4.69) is 26.0 Å². The van der Waals surface area contributed by atoms with Gasteiger partial charge in [0.15, 0.2) is 0 Å². The molecule has 0 aliphatic rings. The molecule has 0 heterocycles. The first kappa shape index (κ1) is 17.6. The van der Waals surface area contributed by atoms with Gasteiger partial charge in [-0.3, -0.25) is 0 Å². The quantitative estimate of drug-likeness (QED) is 0.664. The van der Waals surface area contributed by atoms with Crippen LogP contribution in [0, 0.1) is 0 Å². The zero-order valence-corrected chi connectivity index (χ0v) is 14.4. The third kappa shape index (κ3) is 6.83. The molecule has 1 aromatic rings. The lowest BCUT2D eigenvalue weighted by atomic mass is 10.1. The van der Waals surface area contributed by atoms with E-state index < -0.39 is 10.0 Å². The minimum Gasteiger partial charge on any atom is -0.317 e. The van der Waals surface area contributed by atoms with E-state index in [-0.39, 0.29) is 11.8 Å². The number of hydrogen-bond acceptors (Lipinski definition) is 3. The predicted molar refractivity (Wildman–Crippen MR) is 87.3 cm³/mol. The molecule has 0 aromatic heterocycles. The van der Waals surface area contributed by atoms with Crippen LogP contribution in [0.1, 0.15) is 38.3 Å². The summed E-state index contributed by atoms with van der Waals surface area (Å²) in [5.41, 5.74) is 0.962. The van der Waals surface area contributed by atoms with Crippen LogP contribution in [-0.4, -0.2) is 27.3 Å². The van der Waals surface area contributed by atoms with Crippen molar-refractivity contribution in [2.45, 2.75) is 32.7 Å². The molecule has 114 valence electrons. The second-order valence-electron chi connectivity index (χ2n) is 4.77. The summed E-state index contributed by atoms with van der Waals surface area (Å²) in [5.74, 6) is 0.180. The molecule has 1 unspecified atom stereocenters. The zero-order valence-electron chi connectivity index (χ0n) is 12.0. The topological polar surface area (TPSA) is 58.2 Å². The van der Waals surface area contributed by atoms with E-state index in [1.165, 1.54) is 0 Å². The van der Waals surface area contributed by atoms with E-state index in [1.807, 2.05) is 38.1 Å². The number of benzene rings is 1. The SMILES string of the molecule is CCNCCCCS(=O)(=O)NC(C)c1ccc(Br)cc1. The molecule has 0 saturated heterocycles. The Kier molecular flexibility index (Phi) is 7.72. The smallest absolute Gasteiger partial charge is 0.212 e. The van der Waals surface area contributed by atoms with E-state index in [4.69, 9.17) is 0 Å². The molecule has 0 amide bonds. The molecular formula is C14H23BrN2O2S. The summed E-state index contributed by atoms with van der Waals surface area (Å²) in [7, 11) is -3.22. The highest BCUT2D eigenvalue weighted by Gasteiger charge is 2.15. The van der Waals surface area contributed by atoms with Crippen LogP contribution in [0.2, 0.25) is 0 Å². The van der Waals surface area contributed by atoms with Crippen LogP contribution in [0.3, 0.4) is 0 Å². The highest BCUT2D eigenvalue weighted by Crippen LogP contribution is 2.17. The summed E-state index contributed by atoms with van der Waals surface area (Å²) in [6.07, 6.45) is 1.55. The Morgan fingerprint density at radius 1 is 1.20 bits per heavy atom. The molecule has 0 fully saturated rings. The number of halogens is 1. The van der Waals surface area contributed by atoms with Crippen molar-refractivity contribution in [2.75, 3.05) is 18.8 Å². The average Bonchev–Trinajstić information content (AvgIpc) is 2.38. The second kappa shape index (κ2) is 8.77. The van der Waals surface area contributed by atoms with Gasteiger partial charge in [-0.15, -0.1) is 0 Å². The van der Waals surface area contributed by atoms with Gasteiger partial charge in [0.25, 0.3) is 0 Å². The lowest BCUT2D eigenvalue weighted by Gasteiger charge is -2.14. The van der Waals surface area contributed by atoms with Crippen molar-refractivity contribution < 1.29 is 8.42 Å². The van der Waals surface area contributed by atoms with Crippen molar-refractivity contribution in [3.05, 3.63) is 34.3 Å². The summed E-state index contributed by atoms with van der Waals surface area (Å²) in [4.78, 5) is 0. The van der Waals surface area contributed by atoms with Gasteiger partial charge in [0.05, 0.1) is 5.75 Å². The summed E-state index contributed by atoms with van der Waals surface area (Å²) in [6.45, 7) is 5.69. The Labute approximate surface area is 130 Å². The molecule has 6 heteroatoms. The van der Waals surface area contributed by atoms with Gasteiger partial charge in [-0.2, -0.15) is 0 Å². The highest BCUT2D eigenvalue weighted by molar-refractivity contribution is 9.10. The van der Waals surface area contributed by atoms with Crippen LogP contribution in [-0.2, 0) is 10.0 Å². The van der Waals surface area contributed by atoms with Crippen molar-refractivity contribution in [3.8, 4) is 0 Å². The van der Waals surface area contributed by atoms with Crippen LogP contribution >= 0.6 is 15.9 Å². The minimum atomic E-state index is -3.22. The van der Waals surface area contributed by atoms with Crippen molar-refractivity contribution in [1.82, 2.24) is 10.0 Å². The molecule has 0 aliphatic heterocycles. The normalized spacial score (nSPS) is 13.3. The molecule has 1 atom stereocenters. The molecule has 0 saturated carbocycles. The van der Waals surface area contributed by atoms with E-state index in [9.17, 15) is 8.42 Å². The zero-order chi connectivity index (χ0) is 15.0. The highest BCUT2D eigenvalue weighted by atomic mass is 79.9. The molecule has 1 rings (SSSR count). The third-order valence-corrected chi connectivity index (χ3v) is 5.06. The van der Waals surface area contributed by atoms with Crippen molar-refractivity contribution in [1.29, 1.82) is 0 Å². The Hall–Kier alpha value is -0.430. The van der Waals surface area contributed by atoms with Crippen molar-refractivity contribution in [3.63, 3.8) is 0 Å². The van der Waals surface area contributed by atoms with Crippen LogP contribution in [0.4, 0.5) is 0 Å². The number of unbranched alkanes of at least 4 members (excludes halogenated alkanes) is 1. The molecule has 0 bridgehead atoms. The summed E-state index contributed by atoms with van der Waals surface area (Å²) >= 11 is 3.37. The maximum absolute atomic E-state index is 12.0. The first-order chi connectivity index (χ1) is 9.44. The van der Waals surface area contributed by atoms with Gasteiger partial charge in [0, 0.05) is 10.5 Å². The van der Waals surface area contributed by atoms with Gasteiger partial charge in [0.2, 0.25) is 10.0 Å². The number of nitrogens with one attached hydrogen (secondary N) is 2. The molecule has 20 heavy (non-hydrogen) atoms. The molecule has 2 N–H and O–H groups in total. The third-order valence-electron chi connectivity index (χ3n) is 2.99. The van der Waals surface area contributed by atoms with Crippen LogP contribution in [0.15, 0.2) is 28.7 Å². The summed E-state index contributed by atoms with van der Waals surface area (Å²) in [5, 5.41) is 3.19. The van der Waals surface area contributed by atoms with Crippen molar-refractivity contribution in [2.24, 2.45) is 0 Å². The lowest BCUT2D eigenvalue weighted by molar-refractivity contribution is 0.561. The Morgan fingerprint density at radius 3 is 2.45 bits per heavy atom. The van der Waals surface area contributed by atoms with Crippen LogP contribution in [0.5, 0.6) is 0 Å². The first-order valence-corrected chi connectivity index (χ1v) is 9.35. The number of rotatable bonds is 9. The molecule has 0 spiro atoms. The fourth-order valence-corrected chi connectivity index (χ4v) is 3.51. The molecular weight excluding hydrogens is 340 g/mol. The maximum atomic E-state index is 12.0. The summed E-state index contributed by atoms with van der Waals surface area (Å²) in [6, 6.07) is 7.46. The Morgan fingerprint density at radius 2 is 1.85 bits per heavy atom. The van der Waals surface area contributed by atoms with Gasteiger partial charge < -0.3 is 5.32 Å². The fraction of sp³-hybridized carbons (Fsp3) is 0.571.